The maximum absolute atomic E-state index is 13.0. The Balaban J connectivity index is 2.10. The molecule has 3 rings (SSSR count). The Morgan fingerprint density at radius 1 is 1.20 bits per heavy atom. The molecule has 0 saturated carbocycles. The summed E-state index contributed by atoms with van der Waals surface area (Å²) in [6.07, 6.45) is 0.607. The predicted molar refractivity (Wildman–Crippen MR) is 94.9 cm³/mol. The van der Waals surface area contributed by atoms with Crippen molar-refractivity contribution in [3.63, 3.8) is 0 Å². The third-order valence-corrected chi connectivity index (χ3v) is 5.41. The third-order valence-electron chi connectivity index (χ3n) is 3.85. The molecule has 8 heteroatoms. The summed E-state index contributed by atoms with van der Waals surface area (Å²) in [6, 6.07) is 7.18. The van der Waals surface area contributed by atoms with E-state index in [9.17, 15) is 8.42 Å². The van der Waals surface area contributed by atoms with Crippen LogP contribution in [0.1, 0.15) is 29.7 Å². The van der Waals surface area contributed by atoms with Crippen molar-refractivity contribution in [2.45, 2.75) is 39.0 Å². The van der Waals surface area contributed by atoms with E-state index in [0.29, 0.717) is 34.9 Å². The van der Waals surface area contributed by atoms with Crippen LogP contribution in [0, 0.1) is 20.8 Å². The first-order chi connectivity index (χ1) is 11.8. The molecule has 0 radical (unpaired) electrons. The third kappa shape index (κ3) is 3.30. The fourth-order valence-electron chi connectivity index (χ4n) is 2.77. The number of aryl methyl sites for hydroxylation is 4. The molecule has 0 amide bonds. The zero-order valence-corrected chi connectivity index (χ0v) is 15.4. The summed E-state index contributed by atoms with van der Waals surface area (Å²) < 4.78 is 33.9. The van der Waals surface area contributed by atoms with Crippen molar-refractivity contribution < 1.29 is 12.9 Å². The molecule has 0 unspecified atom stereocenters. The Kier molecular flexibility index (Phi) is 4.38. The summed E-state index contributed by atoms with van der Waals surface area (Å²) in [5.74, 6) is 0.728. The number of hydrogen-bond donors (Lipinski definition) is 2. The number of nitrogens with one attached hydrogen (secondary N) is 2. The maximum Gasteiger partial charge on any atom is 0.264 e. The van der Waals surface area contributed by atoms with Gasteiger partial charge in [0, 0.05) is 23.5 Å². The number of benzene rings is 1. The number of nitrogens with zero attached hydrogens (tertiary/aromatic N) is 2. The van der Waals surface area contributed by atoms with Crippen molar-refractivity contribution >= 4 is 15.7 Å². The predicted octanol–water partition coefficient (Wildman–Crippen LogP) is 3.35. The van der Waals surface area contributed by atoms with Gasteiger partial charge in [-0.25, -0.2) is 8.42 Å². The van der Waals surface area contributed by atoms with Gasteiger partial charge in [0.05, 0.1) is 5.56 Å². The lowest BCUT2D eigenvalue weighted by molar-refractivity contribution is 0.422. The van der Waals surface area contributed by atoms with Gasteiger partial charge in [-0.2, -0.15) is 4.98 Å². The first kappa shape index (κ1) is 17.2. The molecule has 0 aliphatic rings. The van der Waals surface area contributed by atoms with Crippen LogP contribution in [0.4, 0.5) is 5.69 Å². The Morgan fingerprint density at radius 2 is 1.96 bits per heavy atom. The van der Waals surface area contributed by atoms with Crippen molar-refractivity contribution in [2.75, 3.05) is 4.72 Å². The van der Waals surface area contributed by atoms with E-state index in [0.717, 1.165) is 5.56 Å². The van der Waals surface area contributed by atoms with Crippen LogP contribution in [0.2, 0.25) is 0 Å². The van der Waals surface area contributed by atoms with E-state index < -0.39 is 10.0 Å². The van der Waals surface area contributed by atoms with Crippen LogP contribution in [0.5, 0.6) is 0 Å². The van der Waals surface area contributed by atoms with Crippen molar-refractivity contribution in [2.24, 2.45) is 0 Å². The van der Waals surface area contributed by atoms with Crippen LogP contribution in [0.3, 0.4) is 0 Å². The number of aromatic amines is 1. The molecule has 0 bridgehead atoms. The van der Waals surface area contributed by atoms with Gasteiger partial charge in [-0.15, -0.1) is 0 Å². The molecule has 25 heavy (non-hydrogen) atoms. The average molecular weight is 360 g/mol. The van der Waals surface area contributed by atoms with Gasteiger partial charge in [0.2, 0.25) is 0 Å². The molecule has 1 aromatic carbocycles. The zero-order chi connectivity index (χ0) is 18.2. The van der Waals surface area contributed by atoms with E-state index in [-0.39, 0.29) is 10.8 Å². The summed E-state index contributed by atoms with van der Waals surface area (Å²) in [5, 5.41) is 3.86. The van der Waals surface area contributed by atoms with Crippen molar-refractivity contribution in [3.8, 4) is 11.5 Å². The van der Waals surface area contributed by atoms with Crippen molar-refractivity contribution in [1.29, 1.82) is 0 Å². The van der Waals surface area contributed by atoms with E-state index in [2.05, 4.69) is 19.8 Å². The number of H-pyrrole nitrogens is 1. The first-order valence-electron chi connectivity index (χ1n) is 7.93. The fraction of sp³-hybridized carbons (Fsp3) is 0.294. The molecule has 0 atom stereocenters. The quantitative estimate of drug-likeness (QED) is 0.726. The van der Waals surface area contributed by atoms with E-state index >= 15 is 0 Å². The van der Waals surface area contributed by atoms with Gasteiger partial charge in [-0.05, 0) is 38.5 Å². The van der Waals surface area contributed by atoms with Gasteiger partial charge in [-0.1, -0.05) is 24.2 Å². The highest BCUT2D eigenvalue weighted by Gasteiger charge is 2.29. The maximum atomic E-state index is 13.0. The topological polar surface area (TPSA) is 101 Å². The van der Waals surface area contributed by atoms with Crippen LogP contribution >= 0.6 is 0 Å². The molecule has 3 aromatic rings. The highest BCUT2D eigenvalue weighted by molar-refractivity contribution is 7.93. The Morgan fingerprint density at radius 3 is 2.60 bits per heavy atom. The highest BCUT2D eigenvalue weighted by atomic mass is 32.2. The molecule has 2 N–H and O–H groups in total. The lowest BCUT2D eigenvalue weighted by Crippen LogP contribution is -2.14. The monoisotopic (exact) mass is 360 g/mol. The minimum absolute atomic E-state index is 0.123. The van der Waals surface area contributed by atoms with Gasteiger partial charge in [0.25, 0.3) is 15.9 Å². The van der Waals surface area contributed by atoms with E-state index in [1.54, 1.807) is 32.0 Å². The molecule has 132 valence electrons. The highest BCUT2D eigenvalue weighted by Crippen LogP contribution is 2.33. The van der Waals surface area contributed by atoms with E-state index in [1.807, 2.05) is 19.9 Å². The number of hydrogen-bond acceptors (Lipinski definition) is 5. The van der Waals surface area contributed by atoms with Crippen LogP contribution in [-0.2, 0) is 16.4 Å². The molecular formula is C17H20N4O3S. The van der Waals surface area contributed by atoms with Gasteiger partial charge in [-0.3, -0.25) is 4.72 Å². The number of aromatic nitrogens is 3. The summed E-state index contributed by atoms with van der Waals surface area (Å²) in [6.45, 7) is 7.29. The minimum Gasteiger partial charge on any atom is -0.361 e. The number of rotatable bonds is 5. The lowest BCUT2D eigenvalue weighted by atomic mass is 10.2. The van der Waals surface area contributed by atoms with Crippen molar-refractivity contribution in [1.82, 2.24) is 15.1 Å². The van der Waals surface area contributed by atoms with Gasteiger partial charge < -0.3 is 9.51 Å². The fourth-order valence-corrected chi connectivity index (χ4v) is 4.27. The largest absolute Gasteiger partial charge is 0.361 e. The zero-order valence-electron chi connectivity index (χ0n) is 14.5. The second-order valence-electron chi connectivity index (χ2n) is 5.92. The number of anilines is 1. The smallest absolute Gasteiger partial charge is 0.264 e. The van der Waals surface area contributed by atoms with Crippen LogP contribution in [0.15, 0.2) is 33.7 Å². The summed E-state index contributed by atoms with van der Waals surface area (Å²) in [4.78, 5) is 7.46. The Hall–Kier alpha value is -2.61. The molecule has 7 nitrogen and oxygen atoms in total. The molecule has 0 saturated heterocycles. The SMILES string of the molecule is CCc1noc(-c2c(C)[nH]c(C)c2S(=O)(=O)Nc2cccc(C)c2)n1. The molecule has 2 heterocycles. The minimum atomic E-state index is -3.83. The number of sulfonamides is 1. The molecule has 0 aliphatic carbocycles. The normalized spacial score (nSPS) is 11.7. The molecule has 0 spiro atoms. The second-order valence-corrected chi connectivity index (χ2v) is 7.54. The van der Waals surface area contributed by atoms with Crippen molar-refractivity contribution in [3.05, 3.63) is 47.0 Å². The van der Waals surface area contributed by atoms with Gasteiger partial charge in [0.15, 0.2) is 5.82 Å². The second kappa shape index (κ2) is 6.36. The summed E-state index contributed by atoms with van der Waals surface area (Å²) in [5.41, 5.74) is 3.05. The van der Waals surface area contributed by atoms with E-state index in [4.69, 9.17) is 4.52 Å². The lowest BCUT2D eigenvalue weighted by Gasteiger charge is -2.09. The van der Waals surface area contributed by atoms with Crippen LogP contribution < -0.4 is 4.72 Å². The Labute approximate surface area is 146 Å². The van der Waals surface area contributed by atoms with E-state index in [1.165, 1.54) is 0 Å². The molecule has 2 aromatic heterocycles. The Bertz CT molecular complexity index is 1020. The molecular weight excluding hydrogens is 340 g/mol. The summed E-state index contributed by atoms with van der Waals surface area (Å²) >= 11 is 0. The average Bonchev–Trinajstić information content (AvgIpc) is 3.10. The van der Waals surface area contributed by atoms with Crippen LogP contribution in [0.25, 0.3) is 11.5 Å². The van der Waals surface area contributed by atoms with Crippen LogP contribution in [-0.4, -0.2) is 23.5 Å². The van der Waals surface area contributed by atoms with Gasteiger partial charge in [0.1, 0.15) is 4.90 Å². The first-order valence-corrected chi connectivity index (χ1v) is 9.41. The van der Waals surface area contributed by atoms with Gasteiger partial charge >= 0.3 is 0 Å². The molecule has 0 aliphatic heterocycles. The molecule has 0 fully saturated rings. The summed E-state index contributed by atoms with van der Waals surface area (Å²) in [7, 11) is -3.83. The standard InChI is InChI=1S/C17H20N4O3S/c1-5-14-19-17(24-20-14)15-11(3)18-12(4)16(15)25(22,23)21-13-8-6-7-10(2)9-13/h6-9,18,21H,5H2,1-4H3.